The normalized spacial score (nSPS) is 10.9. The third-order valence-corrected chi connectivity index (χ3v) is 4.28. The summed E-state index contributed by atoms with van der Waals surface area (Å²) in [6.07, 6.45) is 1.70. The highest BCUT2D eigenvalue weighted by atomic mass is 79.9. The van der Waals surface area contributed by atoms with E-state index in [1.807, 2.05) is 19.1 Å². The molecule has 3 aromatic rings. The van der Waals surface area contributed by atoms with Crippen LogP contribution >= 0.6 is 38.9 Å². The van der Waals surface area contributed by atoms with E-state index >= 15 is 0 Å². The van der Waals surface area contributed by atoms with E-state index in [1.54, 1.807) is 12.3 Å². The highest BCUT2D eigenvalue weighted by molar-refractivity contribution is 9.11. The van der Waals surface area contributed by atoms with Gasteiger partial charge in [-0.05, 0) is 39.7 Å². The lowest BCUT2D eigenvalue weighted by Gasteiger charge is -2.04. The lowest BCUT2D eigenvalue weighted by Crippen LogP contribution is -2.02. The van der Waals surface area contributed by atoms with Gasteiger partial charge in [0.2, 0.25) is 5.82 Å². The van der Waals surface area contributed by atoms with Crippen LogP contribution in [0, 0.1) is 6.92 Å². The van der Waals surface area contributed by atoms with Gasteiger partial charge in [-0.2, -0.15) is 0 Å². The maximum Gasteiger partial charge on any atom is 0.216 e. The van der Waals surface area contributed by atoms with E-state index in [2.05, 4.69) is 36.3 Å². The largest absolute Gasteiger partial charge is 0.237 e. The van der Waals surface area contributed by atoms with Gasteiger partial charge >= 0.3 is 0 Å². The number of tetrazole rings is 1. The zero-order valence-corrected chi connectivity index (χ0v) is 12.9. The summed E-state index contributed by atoms with van der Waals surface area (Å²) in [5, 5.41) is 13.0. The molecule has 0 bridgehead atoms. The summed E-state index contributed by atoms with van der Waals surface area (Å²) in [7, 11) is 0. The van der Waals surface area contributed by atoms with Crippen LogP contribution in [0.4, 0.5) is 0 Å². The molecular formula is C11H7BrClN5S. The number of para-hydroxylation sites is 1. The van der Waals surface area contributed by atoms with Gasteiger partial charge < -0.3 is 0 Å². The summed E-state index contributed by atoms with van der Waals surface area (Å²) in [5.74, 6) is 0.530. The van der Waals surface area contributed by atoms with Crippen molar-refractivity contribution in [1.29, 1.82) is 0 Å². The smallest absolute Gasteiger partial charge is 0.216 e. The molecule has 96 valence electrons. The Bertz CT molecular complexity index is 718. The fraction of sp³-hybridized carbons (Fsp3) is 0.0909. The molecule has 0 amide bonds. The fourth-order valence-electron chi connectivity index (χ4n) is 1.64. The molecule has 0 atom stereocenters. The van der Waals surface area contributed by atoms with Crippen molar-refractivity contribution in [2.75, 3.05) is 0 Å². The fourth-order valence-corrected chi connectivity index (χ4v) is 3.13. The molecule has 0 unspecified atom stereocenters. The average molecular weight is 357 g/mol. The highest BCUT2D eigenvalue weighted by Gasteiger charge is 2.13. The van der Waals surface area contributed by atoms with Crippen LogP contribution in [0.5, 0.6) is 0 Å². The second-order valence-electron chi connectivity index (χ2n) is 3.79. The molecule has 0 saturated heterocycles. The van der Waals surface area contributed by atoms with Crippen LogP contribution in [-0.2, 0) is 0 Å². The molecule has 19 heavy (non-hydrogen) atoms. The molecule has 3 rings (SSSR count). The first-order valence-electron chi connectivity index (χ1n) is 5.32. The molecule has 1 aromatic carbocycles. The lowest BCUT2D eigenvalue weighted by molar-refractivity contribution is 0.716. The van der Waals surface area contributed by atoms with E-state index in [0.717, 1.165) is 20.0 Å². The molecule has 2 aromatic heterocycles. The van der Waals surface area contributed by atoms with Crippen LogP contribution in [0.25, 0.3) is 16.4 Å². The Morgan fingerprint density at radius 3 is 2.89 bits per heavy atom. The standard InChI is InChI=1S/C11H7BrClN5S/c1-6-3-2-4-7(13)9(6)18-16-10(15-17-18)8-5-14-11(12)19-8/h2-5H,1H3. The van der Waals surface area contributed by atoms with E-state index in [1.165, 1.54) is 16.1 Å². The summed E-state index contributed by atoms with van der Waals surface area (Å²) >= 11 is 10.9. The minimum Gasteiger partial charge on any atom is -0.237 e. The van der Waals surface area contributed by atoms with Crippen LogP contribution in [0.15, 0.2) is 28.3 Å². The quantitative estimate of drug-likeness (QED) is 0.705. The second-order valence-corrected chi connectivity index (χ2v) is 6.50. The topological polar surface area (TPSA) is 56.5 Å². The zero-order valence-electron chi connectivity index (χ0n) is 9.71. The summed E-state index contributed by atoms with van der Waals surface area (Å²) in [4.78, 5) is 6.40. The Morgan fingerprint density at radius 1 is 1.37 bits per heavy atom. The third kappa shape index (κ3) is 2.41. The van der Waals surface area contributed by atoms with Gasteiger partial charge in [0, 0.05) is 0 Å². The van der Waals surface area contributed by atoms with Crippen molar-refractivity contribution in [2.24, 2.45) is 0 Å². The number of nitrogens with zero attached hydrogens (tertiary/aromatic N) is 5. The van der Waals surface area contributed by atoms with Crippen molar-refractivity contribution >= 4 is 38.9 Å². The number of hydrogen-bond acceptors (Lipinski definition) is 5. The van der Waals surface area contributed by atoms with Crippen molar-refractivity contribution in [3.63, 3.8) is 0 Å². The monoisotopic (exact) mass is 355 g/mol. The molecule has 0 aliphatic carbocycles. The number of thiazole rings is 1. The first kappa shape index (κ1) is 12.7. The van der Waals surface area contributed by atoms with Crippen molar-refractivity contribution in [3.05, 3.63) is 38.9 Å². The molecule has 0 N–H and O–H groups in total. The Balaban J connectivity index is 2.06. The van der Waals surface area contributed by atoms with E-state index in [4.69, 9.17) is 11.6 Å². The van der Waals surface area contributed by atoms with Crippen molar-refractivity contribution < 1.29 is 0 Å². The minimum atomic E-state index is 0.530. The number of aryl methyl sites for hydroxylation is 1. The van der Waals surface area contributed by atoms with Gasteiger partial charge in [0.25, 0.3) is 0 Å². The third-order valence-electron chi connectivity index (χ3n) is 2.50. The van der Waals surface area contributed by atoms with Crippen LogP contribution in [0.2, 0.25) is 5.02 Å². The summed E-state index contributed by atoms with van der Waals surface area (Å²) in [6, 6.07) is 5.64. The van der Waals surface area contributed by atoms with Crippen molar-refractivity contribution in [2.45, 2.75) is 6.92 Å². The minimum absolute atomic E-state index is 0.530. The van der Waals surface area contributed by atoms with Gasteiger partial charge in [-0.15, -0.1) is 26.3 Å². The van der Waals surface area contributed by atoms with Crippen LogP contribution in [0.3, 0.4) is 0 Å². The summed E-state index contributed by atoms with van der Waals surface area (Å²) in [6.45, 7) is 1.95. The first-order valence-corrected chi connectivity index (χ1v) is 7.31. The van der Waals surface area contributed by atoms with Crippen molar-refractivity contribution in [1.82, 2.24) is 25.2 Å². The Kier molecular flexibility index (Phi) is 3.34. The lowest BCUT2D eigenvalue weighted by atomic mass is 10.2. The number of hydrogen-bond donors (Lipinski definition) is 0. The Morgan fingerprint density at radius 2 is 2.21 bits per heavy atom. The summed E-state index contributed by atoms with van der Waals surface area (Å²) < 4.78 is 0.785. The molecule has 0 radical (unpaired) electrons. The van der Waals surface area contributed by atoms with E-state index in [-0.39, 0.29) is 0 Å². The molecular weight excluding hydrogens is 350 g/mol. The SMILES string of the molecule is Cc1cccc(Cl)c1-n1nnc(-c2cnc(Br)s2)n1. The molecule has 0 fully saturated rings. The van der Waals surface area contributed by atoms with Gasteiger partial charge in [0.05, 0.1) is 16.1 Å². The summed E-state index contributed by atoms with van der Waals surface area (Å²) in [5.41, 5.74) is 1.73. The van der Waals surface area contributed by atoms with Crippen LogP contribution in [0.1, 0.15) is 5.56 Å². The second kappa shape index (κ2) is 4.99. The van der Waals surface area contributed by atoms with E-state index < -0.39 is 0 Å². The first-order chi connectivity index (χ1) is 9.15. The zero-order chi connectivity index (χ0) is 13.4. The van der Waals surface area contributed by atoms with Crippen LogP contribution < -0.4 is 0 Å². The van der Waals surface area contributed by atoms with E-state index in [0.29, 0.717) is 10.8 Å². The maximum absolute atomic E-state index is 6.18. The Hall–Kier alpha value is -1.31. The molecule has 5 nitrogen and oxygen atoms in total. The van der Waals surface area contributed by atoms with Gasteiger partial charge in [-0.3, -0.25) is 0 Å². The van der Waals surface area contributed by atoms with Gasteiger partial charge in [-0.1, -0.05) is 23.7 Å². The van der Waals surface area contributed by atoms with Crippen molar-refractivity contribution in [3.8, 4) is 16.4 Å². The van der Waals surface area contributed by atoms with Gasteiger partial charge in [0.1, 0.15) is 5.69 Å². The Labute approximate surface area is 126 Å². The predicted molar refractivity (Wildman–Crippen MR) is 77.7 cm³/mol. The molecule has 8 heteroatoms. The number of aromatic nitrogens is 5. The maximum atomic E-state index is 6.18. The molecule has 0 saturated carbocycles. The predicted octanol–water partition coefficient (Wildman–Crippen LogP) is 3.51. The van der Waals surface area contributed by atoms with E-state index in [9.17, 15) is 0 Å². The molecule has 0 aliphatic heterocycles. The molecule has 0 spiro atoms. The number of halogens is 2. The number of benzene rings is 1. The van der Waals surface area contributed by atoms with Crippen LogP contribution in [-0.4, -0.2) is 25.2 Å². The molecule has 0 aliphatic rings. The molecule has 2 heterocycles. The highest BCUT2D eigenvalue weighted by Crippen LogP contribution is 2.27. The van der Waals surface area contributed by atoms with Gasteiger partial charge in [0.15, 0.2) is 3.92 Å². The van der Waals surface area contributed by atoms with Gasteiger partial charge in [-0.25, -0.2) is 4.98 Å². The number of rotatable bonds is 2. The average Bonchev–Trinajstić information content (AvgIpc) is 2.98.